The molecule has 0 saturated heterocycles. The van der Waals surface area contributed by atoms with Crippen molar-refractivity contribution in [3.8, 4) is 5.75 Å². The highest BCUT2D eigenvalue weighted by molar-refractivity contribution is 5.21. The molecule has 0 aliphatic rings. The highest BCUT2D eigenvalue weighted by atomic mass is 19.1. The van der Waals surface area contributed by atoms with Crippen LogP contribution in [0, 0.1) is 11.7 Å². The van der Waals surface area contributed by atoms with Gasteiger partial charge >= 0.3 is 0 Å². The zero-order valence-corrected chi connectivity index (χ0v) is 7.53. The van der Waals surface area contributed by atoms with Crippen molar-refractivity contribution in [2.24, 2.45) is 5.92 Å². The van der Waals surface area contributed by atoms with E-state index < -0.39 is 0 Å². The van der Waals surface area contributed by atoms with E-state index in [1.807, 2.05) is 6.92 Å². The third kappa shape index (κ3) is 3.42. The molecular weight excluding hydrogens is 171 g/mol. The predicted molar refractivity (Wildman–Crippen MR) is 48.1 cm³/mol. The average Bonchev–Trinajstić information content (AvgIpc) is 2.16. The van der Waals surface area contributed by atoms with E-state index in [1.165, 1.54) is 12.1 Å². The molecule has 1 aromatic rings. The van der Waals surface area contributed by atoms with E-state index in [9.17, 15) is 4.39 Å². The molecule has 0 amide bonds. The van der Waals surface area contributed by atoms with Gasteiger partial charge in [-0.05, 0) is 24.3 Å². The van der Waals surface area contributed by atoms with Gasteiger partial charge in [0.1, 0.15) is 11.6 Å². The standard InChI is InChI=1S/C10H13FO2/c1-8(6-12)7-13-10-4-2-9(11)3-5-10/h2-5,8,12H,6-7H2,1H3. The van der Waals surface area contributed by atoms with Gasteiger partial charge in [0, 0.05) is 12.5 Å². The van der Waals surface area contributed by atoms with Crippen LogP contribution in [0.2, 0.25) is 0 Å². The Morgan fingerprint density at radius 2 is 2.00 bits per heavy atom. The van der Waals surface area contributed by atoms with Gasteiger partial charge < -0.3 is 9.84 Å². The van der Waals surface area contributed by atoms with E-state index in [0.717, 1.165) is 0 Å². The molecule has 1 atom stereocenters. The number of rotatable bonds is 4. The minimum Gasteiger partial charge on any atom is -0.493 e. The molecule has 1 N–H and O–H groups in total. The first-order valence-electron chi connectivity index (χ1n) is 4.21. The summed E-state index contributed by atoms with van der Waals surface area (Å²) in [6.45, 7) is 2.42. The molecule has 72 valence electrons. The lowest BCUT2D eigenvalue weighted by atomic mass is 10.2. The van der Waals surface area contributed by atoms with Gasteiger partial charge in [0.05, 0.1) is 6.61 Å². The minimum atomic E-state index is -0.275. The van der Waals surface area contributed by atoms with Crippen molar-refractivity contribution >= 4 is 0 Å². The van der Waals surface area contributed by atoms with Crippen molar-refractivity contribution in [3.05, 3.63) is 30.1 Å². The number of hydrogen-bond donors (Lipinski definition) is 1. The molecule has 1 unspecified atom stereocenters. The van der Waals surface area contributed by atoms with Crippen LogP contribution in [-0.2, 0) is 0 Å². The second-order valence-corrected chi connectivity index (χ2v) is 3.05. The molecule has 2 nitrogen and oxygen atoms in total. The lowest BCUT2D eigenvalue weighted by Crippen LogP contribution is -2.11. The lowest BCUT2D eigenvalue weighted by molar-refractivity contribution is 0.174. The third-order valence-electron chi connectivity index (χ3n) is 1.66. The van der Waals surface area contributed by atoms with Crippen molar-refractivity contribution in [3.63, 3.8) is 0 Å². The summed E-state index contributed by atoms with van der Waals surface area (Å²) in [4.78, 5) is 0. The maximum absolute atomic E-state index is 12.5. The Balaban J connectivity index is 2.41. The van der Waals surface area contributed by atoms with Crippen LogP contribution in [0.5, 0.6) is 5.75 Å². The fraction of sp³-hybridized carbons (Fsp3) is 0.400. The number of halogens is 1. The number of hydrogen-bond acceptors (Lipinski definition) is 2. The monoisotopic (exact) mass is 184 g/mol. The van der Waals surface area contributed by atoms with E-state index in [4.69, 9.17) is 9.84 Å². The van der Waals surface area contributed by atoms with E-state index in [1.54, 1.807) is 12.1 Å². The Morgan fingerprint density at radius 3 is 2.54 bits per heavy atom. The van der Waals surface area contributed by atoms with Crippen LogP contribution in [-0.4, -0.2) is 18.3 Å². The topological polar surface area (TPSA) is 29.5 Å². The summed E-state index contributed by atoms with van der Waals surface area (Å²) in [5.74, 6) is 0.453. The van der Waals surface area contributed by atoms with Crippen LogP contribution < -0.4 is 4.74 Å². The SMILES string of the molecule is CC(CO)COc1ccc(F)cc1. The molecular formula is C10H13FO2. The van der Waals surface area contributed by atoms with E-state index in [-0.39, 0.29) is 18.3 Å². The molecule has 0 aromatic heterocycles. The van der Waals surface area contributed by atoms with Crippen molar-refractivity contribution in [2.45, 2.75) is 6.92 Å². The summed E-state index contributed by atoms with van der Waals surface area (Å²) in [5, 5.41) is 8.72. The molecule has 3 heteroatoms. The van der Waals surface area contributed by atoms with Crippen LogP contribution in [0.4, 0.5) is 4.39 Å². The van der Waals surface area contributed by atoms with Gasteiger partial charge in [0.2, 0.25) is 0 Å². The van der Waals surface area contributed by atoms with Gasteiger partial charge in [0.15, 0.2) is 0 Å². The van der Waals surface area contributed by atoms with Gasteiger partial charge in [-0.2, -0.15) is 0 Å². The maximum atomic E-state index is 12.5. The van der Waals surface area contributed by atoms with Gasteiger partial charge in [-0.1, -0.05) is 6.92 Å². The Hall–Kier alpha value is -1.09. The van der Waals surface area contributed by atoms with Crippen molar-refractivity contribution in [2.75, 3.05) is 13.2 Å². The van der Waals surface area contributed by atoms with Crippen molar-refractivity contribution in [1.29, 1.82) is 0 Å². The van der Waals surface area contributed by atoms with Crippen molar-refractivity contribution < 1.29 is 14.2 Å². The van der Waals surface area contributed by atoms with E-state index >= 15 is 0 Å². The second kappa shape index (κ2) is 4.82. The first-order valence-corrected chi connectivity index (χ1v) is 4.21. The molecule has 0 radical (unpaired) electrons. The summed E-state index contributed by atoms with van der Waals surface area (Å²) >= 11 is 0. The Bertz CT molecular complexity index is 246. The molecule has 0 saturated carbocycles. The number of ether oxygens (including phenoxy) is 1. The Labute approximate surface area is 77.0 Å². The predicted octanol–water partition coefficient (Wildman–Crippen LogP) is 1.83. The lowest BCUT2D eigenvalue weighted by Gasteiger charge is -2.09. The molecule has 0 fully saturated rings. The molecule has 0 aliphatic heterocycles. The van der Waals surface area contributed by atoms with E-state index in [0.29, 0.717) is 12.4 Å². The van der Waals surface area contributed by atoms with Gasteiger partial charge in [-0.25, -0.2) is 4.39 Å². The van der Waals surface area contributed by atoms with Gasteiger partial charge in [-0.3, -0.25) is 0 Å². The van der Waals surface area contributed by atoms with Gasteiger partial charge in [-0.15, -0.1) is 0 Å². The van der Waals surface area contributed by atoms with Crippen LogP contribution >= 0.6 is 0 Å². The fourth-order valence-corrected chi connectivity index (χ4v) is 0.822. The molecule has 1 aromatic carbocycles. The summed E-state index contributed by atoms with van der Waals surface area (Å²) < 4.78 is 17.7. The van der Waals surface area contributed by atoms with Crippen LogP contribution in [0.3, 0.4) is 0 Å². The van der Waals surface area contributed by atoms with Gasteiger partial charge in [0.25, 0.3) is 0 Å². The Morgan fingerprint density at radius 1 is 1.38 bits per heavy atom. The normalized spacial score (nSPS) is 12.5. The second-order valence-electron chi connectivity index (χ2n) is 3.05. The zero-order chi connectivity index (χ0) is 9.68. The summed E-state index contributed by atoms with van der Waals surface area (Å²) in [6, 6.07) is 5.83. The average molecular weight is 184 g/mol. The molecule has 0 aliphatic carbocycles. The quantitative estimate of drug-likeness (QED) is 0.773. The maximum Gasteiger partial charge on any atom is 0.123 e. The Kier molecular flexibility index (Phi) is 3.71. The smallest absolute Gasteiger partial charge is 0.123 e. The number of aliphatic hydroxyl groups is 1. The molecule has 0 heterocycles. The van der Waals surface area contributed by atoms with Crippen LogP contribution in [0.15, 0.2) is 24.3 Å². The van der Waals surface area contributed by atoms with Crippen molar-refractivity contribution in [1.82, 2.24) is 0 Å². The zero-order valence-electron chi connectivity index (χ0n) is 7.53. The summed E-state index contributed by atoms with van der Waals surface area (Å²) in [6.07, 6.45) is 0. The number of benzene rings is 1. The first kappa shape index (κ1) is 9.99. The highest BCUT2D eigenvalue weighted by Crippen LogP contribution is 2.11. The van der Waals surface area contributed by atoms with Crippen LogP contribution in [0.25, 0.3) is 0 Å². The van der Waals surface area contributed by atoms with Crippen LogP contribution in [0.1, 0.15) is 6.92 Å². The summed E-state index contributed by atoms with van der Waals surface area (Å²) in [7, 11) is 0. The van der Waals surface area contributed by atoms with E-state index in [2.05, 4.69) is 0 Å². The summed E-state index contributed by atoms with van der Waals surface area (Å²) in [5.41, 5.74) is 0. The fourth-order valence-electron chi connectivity index (χ4n) is 0.822. The molecule has 0 spiro atoms. The largest absolute Gasteiger partial charge is 0.493 e. The minimum absolute atomic E-state index is 0.0984. The molecule has 0 bridgehead atoms. The first-order chi connectivity index (χ1) is 6.22. The number of aliphatic hydroxyl groups excluding tert-OH is 1. The molecule has 1 rings (SSSR count). The highest BCUT2D eigenvalue weighted by Gasteiger charge is 2.00. The third-order valence-corrected chi connectivity index (χ3v) is 1.66. The molecule has 13 heavy (non-hydrogen) atoms.